The number of hydrogen-bond donors (Lipinski definition) is 2. The van der Waals surface area contributed by atoms with Crippen molar-refractivity contribution in [2.24, 2.45) is 0 Å². The second kappa shape index (κ2) is 10.3. The van der Waals surface area contributed by atoms with Crippen LogP contribution in [0.4, 0.5) is 11.6 Å². The standard InChI is InChI=1S/C27H26ClN7S2/c1-17-21(5-2-6-22(17)29)24-25(35-14-15-36-27(35)33-24)23-11-12-30-26(32-23)31-19-4-3-13-34(16-19)37-20-9-7-18(28)8-10-20/h2,5-12,14-15,19H,3-4,13,16,29H2,1H3,(H,30,31,32). The molecular formula is C27H26ClN7S2. The Balaban J connectivity index is 1.26. The van der Waals surface area contributed by atoms with Gasteiger partial charge in [-0.3, -0.25) is 4.40 Å². The van der Waals surface area contributed by atoms with Gasteiger partial charge < -0.3 is 11.1 Å². The molecule has 6 rings (SSSR count). The van der Waals surface area contributed by atoms with Crippen LogP contribution >= 0.6 is 34.9 Å². The van der Waals surface area contributed by atoms with Crippen LogP contribution in [0.1, 0.15) is 18.4 Å². The lowest BCUT2D eigenvalue weighted by atomic mass is 10.0. The zero-order valence-electron chi connectivity index (χ0n) is 20.3. The van der Waals surface area contributed by atoms with E-state index in [0.717, 1.165) is 69.8 Å². The highest BCUT2D eigenvalue weighted by molar-refractivity contribution is 7.97. The molecule has 10 heteroatoms. The first-order valence-corrected chi connectivity index (χ1v) is 14.2. The van der Waals surface area contributed by atoms with Gasteiger partial charge >= 0.3 is 0 Å². The van der Waals surface area contributed by atoms with E-state index in [1.807, 2.05) is 55.0 Å². The number of benzene rings is 2. The maximum Gasteiger partial charge on any atom is 0.223 e. The first-order chi connectivity index (χ1) is 18.0. The summed E-state index contributed by atoms with van der Waals surface area (Å²) < 4.78 is 4.49. The minimum absolute atomic E-state index is 0.256. The molecule has 188 valence electrons. The molecule has 3 aromatic heterocycles. The topological polar surface area (TPSA) is 84.4 Å². The van der Waals surface area contributed by atoms with Crippen LogP contribution in [-0.4, -0.2) is 42.8 Å². The number of rotatable bonds is 6. The van der Waals surface area contributed by atoms with E-state index in [-0.39, 0.29) is 6.04 Å². The average molecular weight is 548 g/mol. The summed E-state index contributed by atoms with van der Waals surface area (Å²) in [6.45, 7) is 3.98. The lowest BCUT2D eigenvalue weighted by Gasteiger charge is -2.32. The van der Waals surface area contributed by atoms with Gasteiger partial charge in [-0.05, 0) is 73.7 Å². The van der Waals surface area contributed by atoms with Crippen LogP contribution in [-0.2, 0) is 0 Å². The molecule has 5 aromatic rings. The number of halogens is 1. The van der Waals surface area contributed by atoms with E-state index in [1.54, 1.807) is 23.3 Å². The highest BCUT2D eigenvalue weighted by atomic mass is 35.5. The van der Waals surface area contributed by atoms with Crippen LogP contribution in [0.2, 0.25) is 5.02 Å². The zero-order chi connectivity index (χ0) is 25.4. The number of nitrogen functional groups attached to an aromatic ring is 1. The summed E-state index contributed by atoms with van der Waals surface area (Å²) in [5, 5.41) is 6.38. The van der Waals surface area contributed by atoms with Crippen molar-refractivity contribution >= 4 is 51.5 Å². The minimum Gasteiger partial charge on any atom is -0.398 e. The van der Waals surface area contributed by atoms with Crippen LogP contribution in [0.25, 0.3) is 27.6 Å². The molecule has 3 N–H and O–H groups in total. The molecule has 1 saturated heterocycles. The van der Waals surface area contributed by atoms with Crippen LogP contribution in [0.15, 0.2) is 71.2 Å². The van der Waals surface area contributed by atoms with Crippen LogP contribution < -0.4 is 11.1 Å². The van der Waals surface area contributed by atoms with Gasteiger partial charge in [0.05, 0.1) is 5.69 Å². The molecule has 1 unspecified atom stereocenters. The highest BCUT2D eigenvalue weighted by Crippen LogP contribution is 2.36. The van der Waals surface area contributed by atoms with Crippen LogP contribution in [0.5, 0.6) is 0 Å². The number of aromatic nitrogens is 4. The molecule has 0 bridgehead atoms. The van der Waals surface area contributed by atoms with Gasteiger partial charge in [0.15, 0.2) is 4.96 Å². The molecule has 1 atom stereocenters. The summed E-state index contributed by atoms with van der Waals surface area (Å²) >= 11 is 9.41. The number of nitrogens with one attached hydrogen (secondary N) is 1. The molecule has 0 spiro atoms. The molecule has 0 radical (unpaired) electrons. The third kappa shape index (κ3) is 5.04. The quantitative estimate of drug-likeness (QED) is 0.182. The van der Waals surface area contributed by atoms with Crippen molar-refractivity contribution in [1.29, 1.82) is 0 Å². The van der Waals surface area contributed by atoms with E-state index < -0.39 is 0 Å². The van der Waals surface area contributed by atoms with Crippen molar-refractivity contribution in [1.82, 2.24) is 23.7 Å². The number of nitrogens with zero attached hydrogens (tertiary/aromatic N) is 5. The molecule has 0 amide bonds. The highest BCUT2D eigenvalue weighted by Gasteiger charge is 2.23. The second-order valence-electron chi connectivity index (χ2n) is 9.07. The van der Waals surface area contributed by atoms with Crippen molar-refractivity contribution in [3.63, 3.8) is 0 Å². The van der Waals surface area contributed by atoms with Gasteiger partial charge in [-0.15, -0.1) is 11.3 Å². The fraction of sp³-hybridized carbons (Fsp3) is 0.222. The summed E-state index contributed by atoms with van der Waals surface area (Å²) in [5.74, 6) is 0.626. The Kier molecular flexibility index (Phi) is 6.77. The fourth-order valence-corrected chi connectivity index (χ4v) is 6.53. The fourth-order valence-electron chi connectivity index (χ4n) is 4.66. The smallest absolute Gasteiger partial charge is 0.223 e. The Morgan fingerprint density at radius 2 is 2.00 bits per heavy atom. The maximum atomic E-state index is 6.23. The second-order valence-corrected chi connectivity index (χ2v) is 11.5. The number of nitrogens with two attached hydrogens (primary N) is 1. The van der Waals surface area contributed by atoms with E-state index in [2.05, 4.69) is 37.2 Å². The van der Waals surface area contributed by atoms with Crippen molar-refractivity contribution in [2.45, 2.75) is 30.7 Å². The minimum atomic E-state index is 0.256. The zero-order valence-corrected chi connectivity index (χ0v) is 22.7. The third-order valence-corrected chi connectivity index (χ3v) is 8.64. The molecule has 7 nitrogen and oxygen atoms in total. The number of hydrogen-bond acceptors (Lipinski definition) is 8. The van der Waals surface area contributed by atoms with Gasteiger partial charge in [0.1, 0.15) is 11.4 Å². The lowest BCUT2D eigenvalue weighted by Crippen LogP contribution is -2.38. The predicted octanol–water partition coefficient (Wildman–Crippen LogP) is 6.65. The van der Waals surface area contributed by atoms with Crippen LogP contribution in [0.3, 0.4) is 0 Å². The predicted molar refractivity (Wildman–Crippen MR) is 154 cm³/mol. The molecular weight excluding hydrogens is 522 g/mol. The molecule has 37 heavy (non-hydrogen) atoms. The van der Waals surface area contributed by atoms with E-state index in [9.17, 15) is 0 Å². The summed E-state index contributed by atoms with van der Waals surface area (Å²) in [5.41, 5.74) is 11.7. The molecule has 1 aliphatic rings. The van der Waals surface area contributed by atoms with E-state index in [0.29, 0.717) is 5.95 Å². The lowest BCUT2D eigenvalue weighted by molar-refractivity contribution is 0.355. The number of imidazole rings is 1. The number of piperidine rings is 1. The van der Waals surface area contributed by atoms with Crippen LogP contribution in [0, 0.1) is 6.92 Å². The first-order valence-electron chi connectivity index (χ1n) is 12.1. The Bertz CT molecular complexity index is 1550. The Labute approximate surface area is 228 Å². The first kappa shape index (κ1) is 24.2. The molecule has 1 fully saturated rings. The SMILES string of the molecule is Cc1c(N)cccc1-c1nc2sccn2c1-c1ccnc(NC2CCCN(Sc3ccc(Cl)cc3)C2)n1. The molecule has 2 aromatic carbocycles. The molecule has 4 heterocycles. The summed E-state index contributed by atoms with van der Waals surface area (Å²) in [6.07, 6.45) is 6.03. The van der Waals surface area contributed by atoms with Crippen molar-refractivity contribution in [2.75, 3.05) is 24.1 Å². The summed E-state index contributed by atoms with van der Waals surface area (Å²) in [7, 11) is 0. The third-order valence-electron chi connectivity index (χ3n) is 6.56. The number of anilines is 2. The molecule has 0 aliphatic carbocycles. The van der Waals surface area contributed by atoms with E-state index >= 15 is 0 Å². The van der Waals surface area contributed by atoms with Gasteiger partial charge in [0.25, 0.3) is 0 Å². The van der Waals surface area contributed by atoms with Gasteiger partial charge in [0, 0.05) is 58.1 Å². The average Bonchev–Trinajstić information content (AvgIpc) is 3.49. The Hall–Kier alpha value is -3.11. The van der Waals surface area contributed by atoms with Gasteiger partial charge in [-0.2, -0.15) is 0 Å². The van der Waals surface area contributed by atoms with Gasteiger partial charge in [0.2, 0.25) is 5.95 Å². The normalized spacial score (nSPS) is 16.3. The number of fused-ring (bicyclic) bond motifs is 1. The molecule has 0 saturated carbocycles. The summed E-state index contributed by atoms with van der Waals surface area (Å²) in [4.78, 5) is 16.6. The maximum absolute atomic E-state index is 6.23. The van der Waals surface area contributed by atoms with E-state index in [1.165, 1.54) is 4.90 Å². The van der Waals surface area contributed by atoms with E-state index in [4.69, 9.17) is 27.3 Å². The Morgan fingerprint density at radius 3 is 2.86 bits per heavy atom. The van der Waals surface area contributed by atoms with Crippen molar-refractivity contribution < 1.29 is 0 Å². The Morgan fingerprint density at radius 1 is 1.14 bits per heavy atom. The number of thiazole rings is 1. The largest absolute Gasteiger partial charge is 0.398 e. The summed E-state index contributed by atoms with van der Waals surface area (Å²) in [6, 6.07) is 16.2. The van der Waals surface area contributed by atoms with Gasteiger partial charge in [-0.1, -0.05) is 23.7 Å². The van der Waals surface area contributed by atoms with Crippen molar-refractivity contribution in [3.05, 3.63) is 76.9 Å². The van der Waals surface area contributed by atoms with Crippen molar-refractivity contribution in [3.8, 4) is 22.6 Å². The molecule has 1 aliphatic heterocycles. The monoisotopic (exact) mass is 547 g/mol. The van der Waals surface area contributed by atoms with Gasteiger partial charge in [-0.25, -0.2) is 19.3 Å².